The largest absolute Gasteiger partial charge is 0.573 e. The van der Waals surface area contributed by atoms with Gasteiger partial charge in [-0.2, -0.15) is 4.99 Å². The lowest BCUT2D eigenvalue weighted by Crippen LogP contribution is -2.31. The first-order valence-corrected chi connectivity index (χ1v) is 15.0. The summed E-state index contributed by atoms with van der Waals surface area (Å²) in [5.41, 5.74) is 4.13. The maximum Gasteiger partial charge on any atom is 0.573 e. The molecule has 2 N–H and O–H groups in total. The maximum absolute atomic E-state index is 12.9. The van der Waals surface area contributed by atoms with Crippen molar-refractivity contribution in [2.24, 2.45) is 4.99 Å². The topological polar surface area (TPSA) is 114 Å². The molecule has 3 amide bonds. The molecule has 0 spiro atoms. The third kappa shape index (κ3) is 7.94. The van der Waals surface area contributed by atoms with Crippen LogP contribution in [0.1, 0.15) is 36.7 Å². The summed E-state index contributed by atoms with van der Waals surface area (Å²) in [6.45, 7) is 6.24. The number of benzene rings is 3. The molecule has 234 valence electrons. The summed E-state index contributed by atoms with van der Waals surface area (Å²) in [5, 5.41) is 10.7. The number of aliphatic imine (C=N–C) groups is 1. The molecule has 45 heavy (non-hydrogen) atoms. The lowest BCUT2D eigenvalue weighted by atomic mass is 9.99. The van der Waals surface area contributed by atoms with Crippen LogP contribution in [0.25, 0.3) is 5.69 Å². The zero-order chi connectivity index (χ0) is 32.3. The van der Waals surface area contributed by atoms with Crippen LogP contribution < -0.4 is 20.3 Å². The van der Waals surface area contributed by atoms with E-state index in [9.17, 15) is 22.8 Å². The van der Waals surface area contributed by atoms with Crippen molar-refractivity contribution in [1.82, 2.24) is 14.8 Å². The number of halogens is 4. The number of alkyl halides is 3. The van der Waals surface area contributed by atoms with E-state index in [-0.39, 0.29) is 40.1 Å². The Labute approximate surface area is 265 Å². The molecule has 1 fully saturated rings. The van der Waals surface area contributed by atoms with Gasteiger partial charge in [0.15, 0.2) is 11.0 Å². The number of amidine groups is 1. The zero-order valence-electron chi connectivity index (χ0n) is 24.2. The number of hydrogen-bond acceptors (Lipinski definition) is 7. The van der Waals surface area contributed by atoms with E-state index in [2.05, 4.69) is 30.4 Å². The van der Waals surface area contributed by atoms with Crippen LogP contribution in [0.15, 0.2) is 72.0 Å². The fraction of sp³-hybridized carbons (Fsp3) is 0.233. The van der Waals surface area contributed by atoms with Gasteiger partial charge in [-0.25, -0.2) is 14.5 Å². The number of carbonyl (C=O) groups excluding carboxylic acids is 2. The van der Waals surface area contributed by atoms with E-state index in [1.54, 1.807) is 18.2 Å². The Hall–Kier alpha value is -4.56. The van der Waals surface area contributed by atoms with Gasteiger partial charge >= 0.3 is 12.4 Å². The summed E-state index contributed by atoms with van der Waals surface area (Å²) in [4.78, 5) is 35.6. The molecule has 1 aliphatic heterocycles. The van der Waals surface area contributed by atoms with Gasteiger partial charge in [-0.3, -0.25) is 9.69 Å². The Morgan fingerprint density at radius 1 is 1.13 bits per heavy atom. The van der Waals surface area contributed by atoms with Crippen molar-refractivity contribution in [3.05, 3.63) is 89.0 Å². The van der Waals surface area contributed by atoms with Crippen LogP contribution in [-0.2, 0) is 11.3 Å². The number of nitrogens with one attached hydrogen (secondary N) is 2. The summed E-state index contributed by atoms with van der Waals surface area (Å²) >= 11 is 7.64. The van der Waals surface area contributed by atoms with Crippen LogP contribution in [0.2, 0.25) is 5.02 Å². The normalized spacial score (nSPS) is 14.4. The molecule has 1 aromatic heterocycles. The molecule has 5 rings (SSSR count). The molecule has 0 radical (unpaired) electrons. The quantitative estimate of drug-likeness (QED) is 0.201. The number of nitrogens with zero attached hydrogens (tertiary/aromatic N) is 5. The van der Waals surface area contributed by atoms with Gasteiger partial charge in [0.1, 0.15) is 12.1 Å². The highest BCUT2D eigenvalue weighted by Gasteiger charge is 2.33. The third-order valence-corrected chi connectivity index (χ3v) is 7.78. The Morgan fingerprint density at radius 2 is 1.89 bits per heavy atom. The van der Waals surface area contributed by atoms with E-state index >= 15 is 0 Å². The van der Waals surface area contributed by atoms with Crippen LogP contribution >= 0.6 is 23.4 Å². The molecule has 0 bridgehead atoms. The number of thioether (sulfide) groups is 1. The predicted octanol–water partition coefficient (Wildman–Crippen LogP) is 7.53. The summed E-state index contributed by atoms with van der Waals surface area (Å²) in [5.74, 6) is 0.260. The molecule has 3 aromatic carbocycles. The van der Waals surface area contributed by atoms with Gasteiger partial charge in [-0.15, -0.1) is 18.3 Å². The highest BCUT2D eigenvalue weighted by molar-refractivity contribution is 8.15. The highest BCUT2D eigenvalue weighted by Crippen LogP contribution is 2.34. The van der Waals surface area contributed by atoms with E-state index < -0.39 is 12.4 Å². The first-order chi connectivity index (χ1) is 21.4. The van der Waals surface area contributed by atoms with Crippen molar-refractivity contribution in [2.75, 3.05) is 21.3 Å². The minimum atomic E-state index is -4.77. The number of urea groups is 1. The average molecular weight is 658 g/mol. The highest BCUT2D eigenvalue weighted by atomic mass is 35.5. The third-order valence-electron chi connectivity index (χ3n) is 6.55. The predicted molar refractivity (Wildman–Crippen MR) is 168 cm³/mol. The van der Waals surface area contributed by atoms with E-state index in [4.69, 9.17) is 11.6 Å². The van der Waals surface area contributed by atoms with Crippen LogP contribution in [0, 0.1) is 6.92 Å². The zero-order valence-corrected chi connectivity index (χ0v) is 25.8. The molecule has 4 aromatic rings. The Balaban J connectivity index is 1.21. The number of rotatable bonds is 8. The number of aryl methyl sites for hydroxylation is 1. The molecule has 0 unspecified atom stereocenters. The van der Waals surface area contributed by atoms with Gasteiger partial charge in [0.2, 0.25) is 5.91 Å². The van der Waals surface area contributed by atoms with Crippen molar-refractivity contribution in [3.63, 3.8) is 0 Å². The van der Waals surface area contributed by atoms with Gasteiger partial charge in [0, 0.05) is 5.69 Å². The lowest BCUT2D eigenvalue weighted by Gasteiger charge is -2.22. The fourth-order valence-corrected chi connectivity index (χ4v) is 5.54. The second-order valence-electron chi connectivity index (χ2n) is 10.3. The van der Waals surface area contributed by atoms with Gasteiger partial charge < -0.3 is 15.4 Å². The summed E-state index contributed by atoms with van der Waals surface area (Å²) in [7, 11) is 0. The monoisotopic (exact) mass is 657 g/mol. The van der Waals surface area contributed by atoms with E-state index in [0.717, 1.165) is 11.1 Å². The molecule has 1 aliphatic rings. The van der Waals surface area contributed by atoms with Crippen LogP contribution in [0.5, 0.6) is 5.75 Å². The number of carbonyl (C=O) groups is 2. The van der Waals surface area contributed by atoms with E-state index in [1.807, 2.05) is 39.0 Å². The van der Waals surface area contributed by atoms with Crippen molar-refractivity contribution in [2.45, 2.75) is 39.6 Å². The molecule has 0 aliphatic carbocycles. The minimum Gasteiger partial charge on any atom is -0.406 e. The molecule has 10 nitrogen and oxygen atoms in total. The smallest absolute Gasteiger partial charge is 0.406 e. The van der Waals surface area contributed by atoms with Crippen LogP contribution in [0.4, 0.5) is 35.0 Å². The van der Waals surface area contributed by atoms with Gasteiger partial charge in [-0.05, 0) is 72.5 Å². The lowest BCUT2D eigenvalue weighted by molar-refractivity contribution is -0.274. The number of anilines is 3. The van der Waals surface area contributed by atoms with E-state index in [1.165, 1.54) is 51.9 Å². The Kier molecular flexibility index (Phi) is 9.34. The molecule has 2 heterocycles. The average Bonchev–Trinajstić information content (AvgIpc) is 3.59. The molecular weight excluding hydrogens is 631 g/mol. The summed E-state index contributed by atoms with van der Waals surface area (Å²) < 4.78 is 42.5. The van der Waals surface area contributed by atoms with Crippen molar-refractivity contribution in [1.29, 1.82) is 0 Å². The molecule has 1 saturated heterocycles. The minimum absolute atomic E-state index is 0.153. The number of ether oxygens (including phenoxy) is 1. The van der Waals surface area contributed by atoms with Crippen molar-refractivity contribution < 1.29 is 27.5 Å². The molecular formula is C30H27ClF3N7O3S. The number of aromatic nitrogens is 3. The van der Waals surface area contributed by atoms with E-state index in [0.29, 0.717) is 28.6 Å². The van der Waals surface area contributed by atoms with Gasteiger partial charge in [-0.1, -0.05) is 49.3 Å². The second-order valence-corrected chi connectivity index (χ2v) is 11.6. The Morgan fingerprint density at radius 3 is 2.58 bits per heavy atom. The first kappa shape index (κ1) is 31.9. The van der Waals surface area contributed by atoms with Crippen LogP contribution in [0.3, 0.4) is 0 Å². The van der Waals surface area contributed by atoms with Crippen molar-refractivity contribution in [3.8, 4) is 11.4 Å². The number of hydrogen-bond donors (Lipinski definition) is 2. The van der Waals surface area contributed by atoms with Gasteiger partial charge in [0.05, 0.1) is 34.4 Å². The first-order valence-electron chi connectivity index (χ1n) is 13.6. The molecule has 0 atom stereocenters. The van der Waals surface area contributed by atoms with Crippen LogP contribution in [-0.4, -0.2) is 44.0 Å². The second kappa shape index (κ2) is 13.2. The standard InChI is InChI=1S/C30H27ClF3N7O3S/c1-17(2)22-10-4-18(3)12-25(22)41-27(42)15-45-29(41)38-28(43)37-24-11-5-19(13-23(24)31)35-14-26-36-16-40(39-26)20-6-8-21(9-7-20)44-30(32,33)34/h4-13,16-17,35H,14-15H2,1-3H3,(H,37,43)/b38-29-. The summed E-state index contributed by atoms with van der Waals surface area (Å²) in [6.07, 6.45) is -3.34. The SMILES string of the molecule is Cc1ccc(C(C)C)c(N2C(=O)CS/C2=N\C(=O)Nc2ccc(NCc3ncn(-c4ccc(OC(F)(F)F)cc4)n3)cc2Cl)c1. The summed E-state index contributed by atoms with van der Waals surface area (Å²) in [6, 6.07) is 15.4. The van der Waals surface area contributed by atoms with Crippen molar-refractivity contribution >= 4 is 57.5 Å². The number of amides is 3. The fourth-order valence-electron chi connectivity index (χ4n) is 4.46. The molecule has 15 heteroatoms. The Bertz CT molecular complexity index is 1760. The molecule has 0 saturated carbocycles. The maximum atomic E-state index is 12.9. The van der Waals surface area contributed by atoms with Gasteiger partial charge in [0.25, 0.3) is 0 Å².